The van der Waals surface area contributed by atoms with Crippen molar-refractivity contribution in [1.29, 1.82) is 0 Å². The summed E-state index contributed by atoms with van der Waals surface area (Å²) < 4.78 is 14.3. The Morgan fingerprint density at radius 1 is 0.556 bits per heavy atom. The summed E-state index contributed by atoms with van der Waals surface area (Å²) in [6.45, 7) is 11.7. The maximum absolute atomic E-state index is 7.19. The van der Waals surface area contributed by atoms with Crippen LogP contribution in [0.1, 0.15) is 25.0 Å². The van der Waals surface area contributed by atoms with E-state index in [0.717, 1.165) is 90.1 Å². The minimum atomic E-state index is -0.129. The number of aryl methyl sites for hydroxylation is 2. The lowest BCUT2D eigenvalue weighted by atomic mass is 9.34. The second kappa shape index (κ2) is 18.1. The van der Waals surface area contributed by atoms with E-state index in [0.29, 0.717) is 0 Å². The Morgan fingerprint density at radius 2 is 1.05 bits per heavy atom. The standard InChI is InChI=1S/C50H37BN2O2.C8H12/c1-33-18-22-37(23-19-33)52-38-24-28-44-46(30-38)54-49-42(35-12-6-3-7-13-35)32-43(36-14-8-4-9-15-36)50-48(49)51(44)45-29-27-41(31-47(45)55-50)53(39-16-10-5-11-17-39)40-25-20-34(2)21-26-40;1-4-6-8(3)7-5-2/h3-32,52H,1-2H3;4-7H,1H2,2-3H3/b;7-5-,8-6-. The number of para-hydroxylation sites is 1. The minimum Gasteiger partial charge on any atom is -0.458 e. The van der Waals surface area contributed by atoms with Crippen LogP contribution in [0.4, 0.5) is 28.4 Å². The van der Waals surface area contributed by atoms with Crippen molar-refractivity contribution in [2.45, 2.75) is 27.7 Å². The molecule has 306 valence electrons. The van der Waals surface area contributed by atoms with E-state index in [4.69, 9.17) is 9.47 Å². The van der Waals surface area contributed by atoms with Crippen LogP contribution in [0, 0.1) is 13.8 Å². The summed E-state index contributed by atoms with van der Waals surface area (Å²) in [6.07, 6.45) is 7.81. The third kappa shape index (κ3) is 8.47. The van der Waals surface area contributed by atoms with E-state index in [1.165, 1.54) is 16.7 Å². The maximum atomic E-state index is 7.19. The van der Waals surface area contributed by atoms with Crippen molar-refractivity contribution in [3.8, 4) is 45.3 Å². The Hall–Kier alpha value is -7.76. The Morgan fingerprint density at radius 3 is 1.62 bits per heavy atom. The third-order valence-electron chi connectivity index (χ3n) is 11.5. The monoisotopic (exact) mass is 816 g/mol. The molecule has 10 rings (SSSR count). The van der Waals surface area contributed by atoms with Crippen molar-refractivity contribution in [1.82, 2.24) is 0 Å². The first-order valence-corrected chi connectivity index (χ1v) is 21.5. The molecule has 8 aromatic carbocycles. The van der Waals surface area contributed by atoms with Gasteiger partial charge in [-0.2, -0.15) is 0 Å². The van der Waals surface area contributed by atoms with Crippen molar-refractivity contribution in [2.24, 2.45) is 0 Å². The third-order valence-corrected chi connectivity index (χ3v) is 11.5. The SMILES string of the molecule is C=C/C=C(C)\C=C/C.Cc1ccc(Nc2ccc3c(c2)Oc2c(-c4ccccc4)cc(-c4ccccc4)c4c2B3c2ccc(N(c3ccccc3)c3ccc(C)cc3)cc2O4)cc1. The molecule has 1 N–H and O–H groups in total. The molecule has 0 atom stereocenters. The number of rotatable bonds is 9. The van der Waals surface area contributed by atoms with Gasteiger partial charge in [-0.3, -0.25) is 0 Å². The molecule has 0 fully saturated rings. The molecule has 4 nitrogen and oxygen atoms in total. The predicted molar refractivity (Wildman–Crippen MR) is 268 cm³/mol. The quantitative estimate of drug-likeness (QED) is 0.116. The van der Waals surface area contributed by atoms with Gasteiger partial charge in [0.2, 0.25) is 0 Å². The van der Waals surface area contributed by atoms with Gasteiger partial charge < -0.3 is 19.7 Å². The first-order chi connectivity index (χ1) is 30.9. The first-order valence-electron chi connectivity index (χ1n) is 21.5. The van der Waals surface area contributed by atoms with Crippen molar-refractivity contribution in [3.05, 3.63) is 230 Å². The zero-order valence-corrected chi connectivity index (χ0v) is 36.2. The second-order valence-electron chi connectivity index (χ2n) is 16.0. The zero-order chi connectivity index (χ0) is 43.3. The number of fused-ring (bicyclic) bond motifs is 4. The van der Waals surface area contributed by atoms with Gasteiger partial charge in [0, 0.05) is 57.2 Å². The number of hydrogen-bond acceptors (Lipinski definition) is 4. The molecule has 0 bridgehead atoms. The molecule has 2 aliphatic heterocycles. The Labute approximate surface area is 372 Å². The Bertz CT molecular complexity index is 2960. The van der Waals surface area contributed by atoms with Crippen LogP contribution in [0.25, 0.3) is 22.3 Å². The Balaban J connectivity index is 0.000000577. The fourth-order valence-electron chi connectivity index (χ4n) is 8.47. The number of anilines is 5. The van der Waals surface area contributed by atoms with E-state index < -0.39 is 0 Å². The molecule has 0 aromatic heterocycles. The summed E-state index contributed by atoms with van der Waals surface area (Å²) in [5.74, 6) is 3.30. The van der Waals surface area contributed by atoms with Gasteiger partial charge in [-0.05, 0) is 104 Å². The van der Waals surface area contributed by atoms with Crippen molar-refractivity contribution in [2.75, 3.05) is 10.2 Å². The van der Waals surface area contributed by atoms with Crippen LogP contribution in [-0.4, -0.2) is 6.71 Å². The largest absolute Gasteiger partial charge is 0.458 e. The first kappa shape index (κ1) is 40.6. The molecule has 0 spiro atoms. The highest BCUT2D eigenvalue weighted by Crippen LogP contribution is 2.47. The molecule has 0 saturated heterocycles. The van der Waals surface area contributed by atoms with E-state index in [9.17, 15) is 0 Å². The summed E-state index contributed by atoms with van der Waals surface area (Å²) >= 11 is 0. The number of allylic oxidation sites excluding steroid dienone is 5. The number of nitrogens with zero attached hydrogens (tertiary/aromatic N) is 1. The van der Waals surface area contributed by atoms with Crippen molar-refractivity contribution < 1.29 is 9.47 Å². The van der Waals surface area contributed by atoms with Gasteiger partial charge >= 0.3 is 0 Å². The number of benzene rings is 8. The van der Waals surface area contributed by atoms with Crippen LogP contribution >= 0.6 is 0 Å². The molecule has 5 heteroatoms. The van der Waals surface area contributed by atoms with Gasteiger partial charge in [-0.1, -0.05) is 163 Å². The van der Waals surface area contributed by atoms with E-state index >= 15 is 0 Å². The maximum Gasteiger partial charge on any atom is 0.260 e. The molecule has 2 heterocycles. The molecule has 63 heavy (non-hydrogen) atoms. The summed E-state index contributed by atoms with van der Waals surface area (Å²) in [5, 5.41) is 3.60. The average molecular weight is 817 g/mol. The predicted octanol–water partition coefficient (Wildman–Crippen LogP) is 14.3. The van der Waals surface area contributed by atoms with Crippen LogP contribution in [0.2, 0.25) is 0 Å². The average Bonchev–Trinajstić information content (AvgIpc) is 3.31. The summed E-state index contributed by atoms with van der Waals surface area (Å²) in [4.78, 5) is 2.29. The molecule has 0 radical (unpaired) electrons. The lowest BCUT2D eigenvalue weighted by Gasteiger charge is -2.36. The van der Waals surface area contributed by atoms with Gasteiger partial charge in [0.25, 0.3) is 6.71 Å². The lowest BCUT2D eigenvalue weighted by Crippen LogP contribution is -2.57. The molecule has 0 aliphatic carbocycles. The van der Waals surface area contributed by atoms with Gasteiger partial charge in [0.1, 0.15) is 23.0 Å². The highest BCUT2D eigenvalue weighted by Gasteiger charge is 2.43. The summed E-state index contributed by atoms with van der Waals surface area (Å²) in [5.41, 5.74) is 16.3. The molecular formula is C58H49BN2O2. The smallest absolute Gasteiger partial charge is 0.260 e. The topological polar surface area (TPSA) is 33.7 Å². The Kier molecular flexibility index (Phi) is 11.7. The summed E-state index contributed by atoms with van der Waals surface area (Å²) in [7, 11) is 0. The van der Waals surface area contributed by atoms with Crippen LogP contribution in [-0.2, 0) is 0 Å². The van der Waals surface area contributed by atoms with Crippen molar-refractivity contribution >= 4 is 51.5 Å². The lowest BCUT2D eigenvalue weighted by molar-refractivity contribution is 0.467. The van der Waals surface area contributed by atoms with Crippen molar-refractivity contribution in [3.63, 3.8) is 0 Å². The number of ether oxygens (including phenoxy) is 2. The number of nitrogens with one attached hydrogen (secondary N) is 1. The molecular weight excluding hydrogens is 767 g/mol. The van der Waals surface area contributed by atoms with Gasteiger partial charge in [0.15, 0.2) is 0 Å². The second-order valence-corrected chi connectivity index (χ2v) is 16.0. The highest BCUT2D eigenvalue weighted by molar-refractivity contribution is 6.98. The van der Waals surface area contributed by atoms with Crippen LogP contribution in [0.15, 0.2) is 218 Å². The van der Waals surface area contributed by atoms with Gasteiger partial charge in [-0.25, -0.2) is 0 Å². The number of hydrogen-bond donors (Lipinski definition) is 1. The van der Waals surface area contributed by atoms with Gasteiger partial charge in [-0.15, -0.1) is 0 Å². The molecule has 0 amide bonds. The van der Waals surface area contributed by atoms with E-state index in [2.05, 4.69) is 213 Å². The van der Waals surface area contributed by atoms with E-state index in [-0.39, 0.29) is 6.71 Å². The minimum absolute atomic E-state index is 0.129. The normalized spacial score (nSPS) is 12.1. The summed E-state index contributed by atoms with van der Waals surface area (Å²) in [6, 6.07) is 64.2. The van der Waals surface area contributed by atoms with Crippen LogP contribution in [0.3, 0.4) is 0 Å². The van der Waals surface area contributed by atoms with Crippen LogP contribution < -0.4 is 36.1 Å². The fraction of sp³-hybridized carbons (Fsp3) is 0.0690. The molecule has 0 unspecified atom stereocenters. The highest BCUT2D eigenvalue weighted by atomic mass is 16.5. The fourth-order valence-corrected chi connectivity index (χ4v) is 8.47. The molecule has 2 aliphatic rings. The van der Waals surface area contributed by atoms with Crippen LogP contribution in [0.5, 0.6) is 23.0 Å². The zero-order valence-electron chi connectivity index (χ0n) is 36.2. The molecule has 0 saturated carbocycles. The van der Waals surface area contributed by atoms with Gasteiger partial charge in [0.05, 0.1) is 0 Å². The van der Waals surface area contributed by atoms with E-state index in [1.807, 2.05) is 32.1 Å². The molecule has 8 aromatic rings. The van der Waals surface area contributed by atoms with E-state index in [1.54, 1.807) is 6.08 Å².